The van der Waals surface area contributed by atoms with Crippen molar-refractivity contribution in [2.75, 3.05) is 18.5 Å². The van der Waals surface area contributed by atoms with Crippen LogP contribution in [0.25, 0.3) is 5.57 Å². The monoisotopic (exact) mass is 890 g/mol. The minimum atomic E-state index is -0.560. The molecule has 1 aliphatic carbocycles. The number of piperidine rings is 1. The largest absolute Gasteiger partial charge is 0.508 e. The van der Waals surface area contributed by atoms with Crippen LogP contribution in [0.3, 0.4) is 0 Å². The topological polar surface area (TPSA) is 169 Å². The number of aromatic hydroxyl groups is 1. The third-order valence-corrected chi connectivity index (χ3v) is 11.6. The average Bonchev–Trinajstić information content (AvgIpc) is 3.27. The first-order valence-corrected chi connectivity index (χ1v) is 24.0. The number of benzene rings is 3. The molecule has 0 bridgehead atoms. The molecule has 0 aromatic heterocycles. The van der Waals surface area contributed by atoms with Crippen molar-refractivity contribution in [1.82, 2.24) is 10.6 Å². The molecule has 2 fully saturated rings. The summed E-state index contributed by atoms with van der Waals surface area (Å²) in [7, 11) is 0. The van der Waals surface area contributed by atoms with Gasteiger partial charge in [0.1, 0.15) is 11.5 Å². The van der Waals surface area contributed by atoms with Gasteiger partial charge in [0, 0.05) is 60.8 Å². The van der Waals surface area contributed by atoms with Crippen molar-refractivity contribution in [2.45, 2.75) is 150 Å². The summed E-state index contributed by atoms with van der Waals surface area (Å²) in [6.45, 7) is 20.1. The molecule has 65 heavy (non-hydrogen) atoms. The predicted molar refractivity (Wildman–Crippen MR) is 269 cm³/mol. The van der Waals surface area contributed by atoms with Crippen LogP contribution in [0.1, 0.15) is 170 Å². The molecule has 0 spiro atoms. The van der Waals surface area contributed by atoms with Crippen molar-refractivity contribution in [3.05, 3.63) is 137 Å². The highest BCUT2D eigenvalue weighted by molar-refractivity contribution is 6.01. The van der Waals surface area contributed by atoms with Gasteiger partial charge in [0.25, 0.3) is 0 Å². The first-order chi connectivity index (χ1) is 31.3. The number of nitrogens with two attached hydrogens (primary N) is 2. The van der Waals surface area contributed by atoms with Gasteiger partial charge in [0.2, 0.25) is 11.8 Å². The normalized spacial score (nSPS) is 14.9. The summed E-state index contributed by atoms with van der Waals surface area (Å²) in [5.74, 6) is 0.479. The molecule has 0 radical (unpaired) electrons. The molecular formula is C55H79N5O5. The highest BCUT2D eigenvalue weighted by Gasteiger charge is 2.22. The lowest BCUT2D eigenvalue weighted by Crippen LogP contribution is -2.39. The van der Waals surface area contributed by atoms with E-state index < -0.39 is 6.04 Å². The molecular weight excluding hydrogens is 811 g/mol. The fourth-order valence-corrected chi connectivity index (χ4v) is 7.41. The number of hydrogen-bond donors (Lipinski definition) is 6. The van der Waals surface area contributed by atoms with Crippen LogP contribution in [0.4, 0.5) is 5.69 Å². The number of para-hydroxylation sites is 1. The Morgan fingerprint density at radius 2 is 1.55 bits per heavy atom. The number of ether oxygens (including phenoxy) is 1. The first-order valence-electron chi connectivity index (χ1n) is 24.0. The van der Waals surface area contributed by atoms with Gasteiger partial charge in [-0.15, -0.1) is 0 Å². The fourth-order valence-electron chi connectivity index (χ4n) is 7.41. The van der Waals surface area contributed by atoms with E-state index in [0.717, 1.165) is 54.7 Å². The Bertz CT molecular complexity index is 2050. The van der Waals surface area contributed by atoms with E-state index in [-0.39, 0.29) is 29.3 Å². The Hall–Kier alpha value is -5.61. The first kappa shape index (κ1) is 53.7. The number of unbranched alkanes of at least 4 members (excludes halogenated alkanes) is 6. The molecule has 354 valence electrons. The zero-order chi connectivity index (χ0) is 47.6. The maximum atomic E-state index is 12.3. The molecule has 1 saturated heterocycles. The second-order valence-corrected chi connectivity index (χ2v) is 17.4. The number of hydrogen-bond acceptors (Lipinski definition) is 9. The van der Waals surface area contributed by atoms with Gasteiger partial charge in [0.05, 0.1) is 18.3 Å². The van der Waals surface area contributed by atoms with E-state index in [9.17, 15) is 19.5 Å². The fraction of sp³-hybridized carbons (Fsp3) is 0.473. The van der Waals surface area contributed by atoms with Crippen molar-refractivity contribution in [1.29, 1.82) is 0 Å². The van der Waals surface area contributed by atoms with Crippen LogP contribution in [0.5, 0.6) is 5.75 Å². The molecule has 2 unspecified atom stereocenters. The third kappa shape index (κ3) is 19.6. The quantitative estimate of drug-likeness (QED) is 0.0169. The standard InChI is InChI=1S/C46H62N4O3.C6H9NO2.C3H8/c1-5-44(51)39-26-25-38(30-41(39)33(2)3)49-28-14-10-8-6-7-9-11-19-43(37-16-15-17-37)50-32-36-23-21-35(22-24-36)27-29-53-46(34(4)47)31-42(48)40-18-12-13-20-45(40)52;1-4-2-3-5(8)7-6(4)9;1-3-2/h12-13,18,20-26,30-31,42,49-50,52H,2,4-11,14-17,19,27-29,32,47-48H2,1,3H3;4H,2-3H2,1H3,(H,7,8,9);3H2,1-2H3/b46-31+;;. The molecule has 2 amide bonds. The Morgan fingerprint density at radius 1 is 0.908 bits per heavy atom. The molecule has 8 N–H and O–H groups in total. The molecule has 1 aliphatic heterocycles. The van der Waals surface area contributed by atoms with Crippen LogP contribution in [0.2, 0.25) is 0 Å². The van der Waals surface area contributed by atoms with E-state index >= 15 is 0 Å². The van der Waals surface area contributed by atoms with Gasteiger partial charge in [-0.05, 0) is 98.9 Å². The van der Waals surface area contributed by atoms with E-state index in [4.69, 9.17) is 16.2 Å². The Balaban J connectivity index is 0.000000814. The number of carbonyl (C=O) groups is 3. The number of carbonyl (C=O) groups excluding carboxylic acids is 3. The smallest absolute Gasteiger partial charge is 0.229 e. The number of anilines is 1. The summed E-state index contributed by atoms with van der Waals surface area (Å²) in [5.41, 5.74) is 22.4. The number of allylic oxidation sites excluding steroid dienone is 3. The Morgan fingerprint density at radius 3 is 2.14 bits per heavy atom. The Labute approximate surface area is 390 Å². The lowest BCUT2D eigenvalue weighted by Gasteiger charge is -2.23. The van der Waals surface area contributed by atoms with Gasteiger partial charge in [-0.2, -0.15) is 0 Å². The third-order valence-electron chi connectivity index (χ3n) is 11.6. The zero-order valence-electron chi connectivity index (χ0n) is 40.2. The van der Waals surface area contributed by atoms with Crippen LogP contribution in [-0.2, 0) is 27.3 Å². The minimum Gasteiger partial charge on any atom is -0.508 e. The van der Waals surface area contributed by atoms with Gasteiger partial charge < -0.3 is 31.9 Å². The molecule has 10 heteroatoms. The van der Waals surface area contributed by atoms with Crippen molar-refractivity contribution in [2.24, 2.45) is 17.4 Å². The van der Waals surface area contributed by atoms with Crippen LogP contribution >= 0.6 is 0 Å². The number of Topliss-reactive ketones (excluding diaryl/α,β-unsaturated/α-hetero) is 1. The maximum absolute atomic E-state index is 12.3. The number of rotatable bonds is 24. The molecule has 5 rings (SSSR count). The number of ketones is 1. The number of imide groups is 1. The average molecular weight is 890 g/mol. The molecule has 2 aliphatic rings. The lowest BCUT2D eigenvalue weighted by molar-refractivity contribution is -0.135. The van der Waals surface area contributed by atoms with Crippen LogP contribution < -0.4 is 27.4 Å². The highest BCUT2D eigenvalue weighted by atomic mass is 16.5. The molecule has 3 aromatic carbocycles. The van der Waals surface area contributed by atoms with Crippen molar-refractivity contribution >= 4 is 28.9 Å². The summed E-state index contributed by atoms with van der Waals surface area (Å²) in [5, 5.41) is 19.7. The van der Waals surface area contributed by atoms with Crippen molar-refractivity contribution in [3.8, 4) is 5.75 Å². The lowest BCUT2D eigenvalue weighted by atomic mass is 9.89. The maximum Gasteiger partial charge on any atom is 0.229 e. The van der Waals surface area contributed by atoms with Gasteiger partial charge in [-0.1, -0.05) is 133 Å². The molecule has 1 saturated carbocycles. The second-order valence-electron chi connectivity index (χ2n) is 17.4. The SMILES string of the molecule is C=C(N)/C(=C\C(N)c1ccccc1O)OCCc1ccc(CNC(CCCCCCCCCNc2ccc(C(=O)CC)c(C(=C)C)c2)=C2CCC2)cc1.CC1CCC(=O)NC1=O.CCC. The summed E-state index contributed by atoms with van der Waals surface area (Å²) >= 11 is 0. The molecule has 3 aromatic rings. The van der Waals surface area contributed by atoms with Gasteiger partial charge in [-0.3, -0.25) is 19.7 Å². The Kier molecular flexibility index (Phi) is 24.6. The summed E-state index contributed by atoms with van der Waals surface area (Å²) < 4.78 is 5.96. The van der Waals surface area contributed by atoms with E-state index in [1.165, 1.54) is 81.0 Å². The number of phenolic OH excluding ortho intramolecular Hbond substituents is 1. The number of phenols is 1. The summed E-state index contributed by atoms with van der Waals surface area (Å²) in [6, 6.07) is 21.1. The number of amides is 2. The molecule has 10 nitrogen and oxygen atoms in total. The summed E-state index contributed by atoms with van der Waals surface area (Å²) in [6.07, 6.45) is 19.0. The van der Waals surface area contributed by atoms with Gasteiger partial charge in [0.15, 0.2) is 5.78 Å². The van der Waals surface area contributed by atoms with E-state index in [1.807, 2.05) is 39.0 Å². The predicted octanol–water partition coefficient (Wildman–Crippen LogP) is 11.9. The minimum absolute atomic E-state index is 0.0164. The van der Waals surface area contributed by atoms with Crippen molar-refractivity contribution < 1.29 is 24.2 Å². The second kappa shape index (κ2) is 29.8. The van der Waals surface area contributed by atoms with Crippen LogP contribution in [-0.4, -0.2) is 35.9 Å². The molecule has 1 heterocycles. The van der Waals surface area contributed by atoms with Gasteiger partial charge >= 0.3 is 0 Å². The van der Waals surface area contributed by atoms with E-state index in [0.29, 0.717) is 42.9 Å². The van der Waals surface area contributed by atoms with E-state index in [2.05, 4.69) is 73.3 Å². The van der Waals surface area contributed by atoms with Gasteiger partial charge in [-0.25, -0.2) is 0 Å². The zero-order valence-corrected chi connectivity index (χ0v) is 40.2. The van der Waals surface area contributed by atoms with E-state index in [1.54, 1.807) is 29.8 Å². The summed E-state index contributed by atoms with van der Waals surface area (Å²) in [4.78, 5) is 33.4. The van der Waals surface area contributed by atoms with Crippen LogP contribution in [0.15, 0.2) is 109 Å². The number of nitrogens with one attached hydrogen (secondary N) is 3. The molecule has 2 atom stereocenters. The highest BCUT2D eigenvalue weighted by Crippen LogP contribution is 2.30. The van der Waals surface area contributed by atoms with Crippen molar-refractivity contribution in [3.63, 3.8) is 0 Å². The van der Waals surface area contributed by atoms with Crippen LogP contribution in [0, 0.1) is 5.92 Å².